The van der Waals surface area contributed by atoms with Crippen molar-refractivity contribution in [1.82, 2.24) is 9.55 Å². The topological polar surface area (TPSA) is 116 Å². The van der Waals surface area contributed by atoms with E-state index < -0.39 is 11.5 Å². The number of hydrogen-bond donors (Lipinski definition) is 2. The Morgan fingerprint density at radius 2 is 2.35 bits per heavy atom. The third-order valence-electron chi connectivity index (χ3n) is 2.91. The molecule has 2 rings (SSSR count). The van der Waals surface area contributed by atoms with E-state index in [0.29, 0.717) is 18.0 Å². The highest BCUT2D eigenvalue weighted by Crippen LogP contribution is 2.21. The van der Waals surface area contributed by atoms with Crippen LogP contribution in [0.2, 0.25) is 0 Å². The number of hydrogen-bond acceptors (Lipinski definition) is 5. The first-order valence-corrected chi connectivity index (χ1v) is 5.24. The summed E-state index contributed by atoms with van der Waals surface area (Å²) in [6.07, 6.45) is 2.58. The molecule has 0 radical (unpaired) electrons. The molecule has 4 N–H and O–H groups in total. The average molecular weight is 235 g/mol. The highest BCUT2D eigenvalue weighted by atomic mass is 16.2. The van der Waals surface area contributed by atoms with Crippen LogP contribution in [0.15, 0.2) is 16.1 Å². The maximum atomic E-state index is 12.1. The fourth-order valence-electron chi connectivity index (χ4n) is 1.97. The molecule has 7 heteroatoms. The predicted molar refractivity (Wildman–Crippen MR) is 61.7 cm³/mol. The lowest BCUT2D eigenvalue weighted by Crippen LogP contribution is -2.38. The van der Waals surface area contributed by atoms with Crippen LogP contribution in [0.1, 0.15) is 42.0 Å². The Balaban J connectivity index is 2.73. The zero-order chi connectivity index (χ0) is 12.6. The van der Waals surface area contributed by atoms with Gasteiger partial charge in [-0.15, -0.1) is 0 Å². The van der Waals surface area contributed by atoms with Crippen LogP contribution in [0.3, 0.4) is 0 Å². The number of fused-ring (bicyclic) bond motifs is 1. The standard InChI is InChI=1S/C10H13N5O2/c1-5-2-3-7(14-12)9-13-4-6(8(11)16)10(17)15(5)9/h4-5H,2-3,12H2,1H3,(H2,11,16)/b14-7+. The molecule has 17 heavy (non-hydrogen) atoms. The van der Waals surface area contributed by atoms with E-state index in [4.69, 9.17) is 11.6 Å². The number of nitrogens with zero attached hydrogens (tertiary/aromatic N) is 3. The second-order valence-corrected chi connectivity index (χ2v) is 4.00. The van der Waals surface area contributed by atoms with Gasteiger partial charge in [0.15, 0.2) is 5.82 Å². The largest absolute Gasteiger partial charge is 0.365 e. The molecule has 1 aromatic heterocycles. The van der Waals surface area contributed by atoms with E-state index in [-0.39, 0.29) is 11.6 Å². The molecule has 90 valence electrons. The van der Waals surface area contributed by atoms with Crippen molar-refractivity contribution in [1.29, 1.82) is 0 Å². The minimum Gasteiger partial charge on any atom is -0.365 e. The minimum atomic E-state index is -0.776. The molecule has 0 aromatic carbocycles. The van der Waals surface area contributed by atoms with E-state index in [1.807, 2.05) is 6.92 Å². The Bertz CT molecular complexity index is 560. The summed E-state index contributed by atoms with van der Waals surface area (Å²) in [4.78, 5) is 27.2. The molecular weight excluding hydrogens is 222 g/mol. The summed E-state index contributed by atoms with van der Waals surface area (Å²) in [7, 11) is 0. The van der Waals surface area contributed by atoms with Crippen molar-refractivity contribution in [2.75, 3.05) is 0 Å². The Morgan fingerprint density at radius 1 is 1.65 bits per heavy atom. The fourth-order valence-corrected chi connectivity index (χ4v) is 1.97. The highest BCUT2D eigenvalue weighted by molar-refractivity contribution is 5.98. The van der Waals surface area contributed by atoms with Crippen LogP contribution in [0.5, 0.6) is 0 Å². The smallest absolute Gasteiger partial charge is 0.266 e. The lowest BCUT2D eigenvalue weighted by molar-refractivity contribution is 0.0997. The fraction of sp³-hybridized carbons (Fsp3) is 0.400. The lowest BCUT2D eigenvalue weighted by Gasteiger charge is -2.24. The summed E-state index contributed by atoms with van der Waals surface area (Å²) < 4.78 is 1.43. The number of aromatic nitrogens is 2. The molecule has 0 aliphatic carbocycles. The molecule has 0 saturated heterocycles. The van der Waals surface area contributed by atoms with Gasteiger partial charge >= 0.3 is 0 Å². The van der Waals surface area contributed by atoms with Crippen LogP contribution in [-0.4, -0.2) is 21.2 Å². The summed E-state index contributed by atoms with van der Waals surface area (Å²) in [5, 5.41) is 3.62. The molecule has 1 aromatic rings. The van der Waals surface area contributed by atoms with Gasteiger partial charge in [0.25, 0.3) is 11.5 Å². The summed E-state index contributed by atoms with van der Waals surface area (Å²) in [5.74, 6) is 4.89. The lowest BCUT2D eigenvalue weighted by atomic mass is 10.0. The zero-order valence-corrected chi connectivity index (χ0v) is 9.38. The van der Waals surface area contributed by atoms with Crippen molar-refractivity contribution in [3.8, 4) is 0 Å². The number of hydrazone groups is 1. The number of primary amides is 1. The van der Waals surface area contributed by atoms with Gasteiger partial charge in [0.2, 0.25) is 0 Å². The Hall–Kier alpha value is -2.18. The zero-order valence-electron chi connectivity index (χ0n) is 9.38. The van der Waals surface area contributed by atoms with Crippen LogP contribution >= 0.6 is 0 Å². The second-order valence-electron chi connectivity index (χ2n) is 4.00. The summed E-state index contributed by atoms with van der Waals surface area (Å²) in [5.41, 5.74) is 5.13. The van der Waals surface area contributed by atoms with Gasteiger partial charge in [-0.1, -0.05) is 0 Å². The quantitative estimate of drug-likeness (QED) is 0.497. The summed E-state index contributed by atoms with van der Waals surface area (Å²) >= 11 is 0. The third-order valence-corrected chi connectivity index (χ3v) is 2.91. The summed E-state index contributed by atoms with van der Waals surface area (Å²) in [6.45, 7) is 1.88. The first kappa shape index (κ1) is 11.3. The van der Waals surface area contributed by atoms with Gasteiger partial charge in [-0.3, -0.25) is 14.2 Å². The van der Waals surface area contributed by atoms with Crippen molar-refractivity contribution in [2.45, 2.75) is 25.8 Å². The molecular formula is C10H13N5O2. The van der Waals surface area contributed by atoms with E-state index in [0.717, 1.165) is 6.42 Å². The monoisotopic (exact) mass is 235 g/mol. The molecule has 7 nitrogen and oxygen atoms in total. The molecule has 1 aliphatic rings. The van der Waals surface area contributed by atoms with Crippen molar-refractivity contribution in [3.63, 3.8) is 0 Å². The highest BCUT2D eigenvalue weighted by Gasteiger charge is 2.25. The van der Waals surface area contributed by atoms with Gasteiger partial charge in [0, 0.05) is 12.2 Å². The van der Waals surface area contributed by atoms with E-state index in [1.54, 1.807) is 0 Å². The van der Waals surface area contributed by atoms with Gasteiger partial charge in [0.05, 0.1) is 0 Å². The number of carbonyl (C=O) groups is 1. The van der Waals surface area contributed by atoms with E-state index >= 15 is 0 Å². The van der Waals surface area contributed by atoms with Gasteiger partial charge in [-0.05, 0) is 19.8 Å². The van der Waals surface area contributed by atoms with Crippen molar-refractivity contribution in [3.05, 3.63) is 27.9 Å². The Morgan fingerprint density at radius 3 is 2.94 bits per heavy atom. The Labute approximate surface area is 97.1 Å². The first-order valence-electron chi connectivity index (χ1n) is 5.24. The number of nitrogens with two attached hydrogens (primary N) is 2. The van der Waals surface area contributed by atoms with Gasteiger partial charge in [-0.2, -0.15) is 5.10 Å². The maximum Gasteiger partial charge on any atom is 0.266 e. The van der Waals surface area contributed by atoms with E-state index in [9.17, 15) is 9.59 Å². The normalized spacial score (nSPS) is 21.2. The van der Waals surface area contributed by atoms with Crippen LogP contribution in [0, 0.1) is 0 Å². The molecule has 0 saturated carbocycles. The van der Waals surface area contributed by atoms with E-state index in [1.165, 1.54) is 10.8 Å². The average Bonchev–Trinajstić information content (AvgIpc) is 2.29. The number of amides is 1. The van der Waals surface area contributed by atoms with Crippen molar-refractivity contribution in [2.24, 2.45) is 16.7 Å². The SMILES string of the molecule is CC1CC/C(=N\N)c2ncc(C(N)=O)c(=O)n21. The van der Waals surface area contributed by atoms with Gasteiger partial charge in [-0.25, -0.2) is 4.98 Å². The van der Waals surface area contributed by atoms with Crippen LogP contribution in [-0.2, 0) is 0 Å². The predicted octanol–water partition coefficient (Wildman–Crippen LogP) is -0.640. The van der Waals surface area contributed by atoms with Crippen LogP contribution < -0.4 is 17.1 Å². The molecule has 2 heterocycles. The molecule has 0 fully saturated rings. The van der Waals surface area contributed by atoms with Gasteiger partial charge < -0.3 is 11.6 Å². The molecule has 1 atom stereocenters. The second kappa shape index (κ2) is 4.00. The minimum absolute atomic E-state index is 0.0465. The third kappa shape index (κ3) is 1.69. The number of carbonyl (C=O) groups excluding carboxylic acids is 1. The summed E-state index contributed by atoms with van der Waals surface area (Å²) in [6, 6.07) is -0.0465. The van der Waals surface area contributed by atoms with Crippen LogP contribution in [0.4, 0.5) is 0 Å². The molecule has 1 amide bonds. The molecule has 1 unspecified atom stereocenters. The molecule has 1 aliphatic heterocycles. The Kier molecular flexibility index (Phi) is 2.66. The molecule has 0 spiro atoms. The van der Waals surface area contributed by atoms with E-state index in [2.05, 4.69) is 10.1 Å². The molecule has 0 bridgehead atoms. The van der Waals surface area contributed by atoms with Gasteiger partial charge in [0.1, 0.15) is 11.3 Å². The maximum absolute atomic E-state index is 12.1. The van der Waals surface area contributed by atoms with Crippen molar-refractivity contribution < 1.29 is 4.79 Å². The van der Waals surface area contributed by atoms with Crippen molar-refractivity contribution >= 4 is 11.6 Å². The number of rotatable bonds is 1. The van der Waals surface area contributed by atoms with Crippen LogP contribution in [0.25, 0.3) is 0 Å². The first-order chi connectivity index (χ1) is 8.06.